The van der Waals surface area contributed by atoms with E-state index >= 15 is 0 Å². The maximum absolute atomic E-state index is 12.6. The Morgan fingerprint density at radius 2 is 1.50 bits per heavy atom. The molecule has 0 unspecified atom stereocenters. The zero-order valence-corrected chi connectivity index (χ0v) is 12.7. The van der Waals surface area contributed by atoms with E-state index in [1.54, 1.807) is 48.5 Å². The van der Waals surface area contributed by atoms with Crippen molar-refractivity contribution in [3.63, 3.8) is 0 Å². The average Bonchev–Trinajstić information content (AvgIpc) is 2.59. The summed E-state index contributed by atoms with van der Waals surface area (Å²) in [6, 6.07) is 17.7. The van der Waals surface area contributed by atoms with E-state index in [4.69, 9.17) is 11.6 Å². The lowest BCUT2D eigenvalue weighted by Gasteiger charge is -2.27. The second-order valence-electron chi connectivity index (χ2n) is 4.61. The summed E-state index contributed by atoms with van der Waals surface area (Å²) in [7, 11) is 0. The first-order valence-electron chi connectivity index (χ1n) is 6.83. The molecule has 0 fully saturated rings. The number of hydrogen-bond donors (Lipinski definition) is 2. The van der Waals surface area contributed by atoms with Crippen LogP contribution >= 0.6 is 11.6 Å². The molecule has 0 aliphatic rings. The molecule has 4 heteroatoms. The molecular weight excluding hydrogens is 298 g/mol. The van der Waals surface area contributed by atoms with E-state index in [2.05, 4.69) is 17.2 Å². The molecule has 0 spiro atoms. The molecule has 2 rings (SSSR count). The van der Waals surface area contributed by atoms with E-state index in [-0.39, 0.29) is 12.4 Å². The van der Waals surface area contributed by atoms with Gasteiger partial charge in [-0.2, -0.15) is 0 Å². The summed E-state index contributed by atoms with van der Waals surface area (Å²) in [6.45, 7) is 0.132. The minimum Gasteiger partial charge on any atom is -0.372 e. The summed E-state index contributed by atoms with van der Waals surface area (Å²) >= 11 is 5.46. The Balaban J connectivity index is 2.36. The number of carbonyl (C=O) groups is 1. The van der Waals surface area contributed by atoms with Crippen molar-refractivity contribution in [3.8, 4) is 11.8 Å². The van der Waals surface area contributed by atoms with Crippen LogP contribution in [-0.2, 0) is 10.4 Å². The van der Waals surface area contributed by atoms with Gasteiger partial charge in [0.1, 0.15) is 0 Å². The monoisotopic (exact) mass is 313 g/mol. The van der Waals surface area contributed by atoms with E-state index in [1.807, 2.05) is 12.1 Å². The molecule has 0 aliphatic carbocycles. The van der Waals surface area contributed by atoms with Crippen LogP contribution in [-0.4, -0.2) is 23.4 Å². The molecule has 0 saturated carbocycles. The standard InChI is InChI=1S/C18H16ClNO2/c19-13-7-8-14-20-17(21)18(22,15-9-3-1-4-10-15)16-11-5-2-6-12-16/h1-6,9-12,22H,13-14H2,(H,20,21). The predicted molar refractivity (Wildman–Crippen MR) is 87.4 cm³/mol. The number of amides is 1. The molecule has 2 aromatic carbocycles. The van der Waals surface area contributed by atoms with E-state index in [0.717, 1.165) is 0 Å². The first-order valence-corrected chi connectivity index (χ1v) is 7.36. The van der Waals surface area contributed by atoms with Gasteiger partial charge in [-0.15, -0.1) is 11.6 Å². The Hall–Kier alpha value is -2.28. The summed E-state index contributed by atoms with van der Waals surface area (Å²) in [4.78, 5) is 12.6. The normalized spacial score (nSPS) is 10.5. The highest BCUT2D eigenvalue weighted by Gasteiger charge is 2.39. The molecule has 0 heterocycles. The minimum absolute atomic E-state index is 0.132. The van der Waals surface area contributed by atoms with Crippen LogP contribution in [0.3, 0.4) is 0 Å². The molecule has 0 radical (unpaired) electrons. The highest BCUT2D eigenvalue weighted by Crippen LogP contribution is 2.29. The van der Waals surface area contributed by atoms with Gasteiger partial charge in [-0.3, -0.25) is 4.79 Å². The second-order valence-corrected chi connectivity index (χ2v) is 4.88. The first-order chi connectivity index (χ1) is 10.7. The van der Waals surface area contributed by atoms with Gasteiger partial charge in [0.05, 0.1) is 12.4 Å². The fraction of sp³-hybridized carbons (Fsp3) is 0.167. The van der Waals surface area contributed by atoms with Crippen LogP contribution in [0.15, 0.2) is 60.7 Å². The molecule has 0 atom stereocenters. The van der Waals surface area contributed by atoms with E-state index < -0.39 is 11.5 Å². The minimum atomic E-state index is -1.76. The number of alkyl halides is 1. The van der Waals surface area contributed by atoms with E-state index in [0.29, 0.717) is 11.1 Å². The van der Waals surface area contributed by atoms with Crippen LogP contribution in [0.4, 0.5) is 0 Å². The highest BCUT2D eigenvalue weighted by atomic mass is 35.5. The third kappa shape index (κ3) is 3.48. The fourth-order valence-corrected chi connectivity index (χ4v) is 2.24. The van der Waals surface area contributed by atoms with Gasteiger partial charge in [0.15, 0.2) is 5.60 Å². The zero-order chi connectivity index (χ0) is 15.8. The fourth-order valence-electron chi connectivity index (χ4n) is 2.15. The maximum Gasteiger partial charge on any atom is 0.262 e. The number of rotatable bonds is 4. The lowest BCUT2D eigenvalue weighted by Crippen LogP contribution is -2.45. The number of benzene rings is 2. The third-order valence-corrected chi connectivity index (χ3v) is 3.37. The van der Waals surface area contributed by atoms with Gasteiger partial charge in [-0.1, -0.05) is 72.5 Å². The van der Waals surface area contributed by atoms with Crippen molar-refractivity contribution in [1.82, 2.24) is 5.32 Å². The van der Waals surface area contributed by atoms with E-state index in [9.17, 15) is 9.90 Å². The van der Waals surface area contributed by atoms with Gasteiger partial charge in [0, 0.05) is 0 Å². The molecular formula is C18H16ClNO2. The number of carbonyl (C=O) groups excluding carboxylic acids is 1. The van der Waals surface area contributed by atoms with Crippen molar-refractivity contribution in [2.24, 2.45) is 0 Å². The van der Waals surface area contributed by atoms with Crippen LogP contribution in [0.5, 0.6) is 0 Å². The number of aliphatic hydroxyl groups is 1. The SMILES string of the molecule is O=C(NCC#CCCl)C(O)(c1ccccc1)c1ccccc1. The second kappa shape index (κ2) is 7.65. The molecule has 1 amide bonds. The Morgan fingerprint density at radius 1 is 1.00 bits per heavy atom. The van der Waals surface area contributed by atoms with Crippen LogP contribution < -0.4 is 5.32 Å². The Bertz CT molecular complexity index is 635. The van der Waals surface area contributed by atoms with Crippen molar-refractivity contribution in [3.05, 3.63) is 71.8 Å². The number of hydrogen-bond acceptors (Lipinski definition) is 2. The lowest BCUT2D eigenvalue weighted by atomic mass is 9.85. The molecule has 2 aromatic rings. The quantitative estimate of drug-likeness (QED) is 0.672. The number of halogens is 1. The van der Waals surface area contributed by atoms with Gasteiger partial charge >= 0.3 is 0 Å². The van der Waals surface area contributed by atoms with Gasteiger partial charge in [0.2, 0.25) is 0 Å². The highest BCUT2D eigenvalue weighted by molar-refractivity contribution is 6.19. The topological polar surface area (TPSA) is 49.3 Å². The van der Waals surface area contributed by atoms with Crippen LogP contribution in [0.2, 0.25) is 0 Å². The summed E-state index contributed by atoms with van der Waals surface area (Å²) in [6.07, 6.45) is 0. The van der Waals surface area contributed by atoms with Crippen molar-refractivity contribution in [1.29, 1.82) is 0 Å². The summed E-state index contributed by atoms with van der Waals surface area (Å²) in [5, 5.41) is 13.7. The Morgan fingerprint density at radius 3 is 1.95 bits per heavy atom. The number of nitrogens with one attached hydrogen (secondary N) is 1. The van der Waals surface area contributed by atoms with Crippen molar-refractivity contribution in [2.45, 2.75) is 5.60 Å². The average molecular weight is 314 g/mol. The first kappa shape index (κ1) is 16.1. The third-order valence-electron chi connectivity index (χ3n) is 3.24. The van der Waals surface area contributed by atoms with Gasteiger partial charge in [-0.05, 0) is 11.1 Å². The van der Waals surface area contributed by atoms with Gasteiger partial charge < -0.3 is 10.4 Å². The molecule has 2 N–H and O–H groups in total. The molecule has 3 nitrogen and oxygen atoms in total. The maximum atomic E-state index is 12.6. The molecule has 0 bridgehead atoms. The Labute approximate surface area is 134 Å². The van der Waals surface area contributed by atoms with Crippen LogP contribution in [0, 0.1) is 11.8 Å². The van der Waals surface area contributed by atoms with Gasteiger partial charge in [0.25, 0.3) is 5.91 Å². The van der Waals surface area contributed by atoms with Crippen molar-refractivity contribution < 1.29 is 9.90 Å². The predicted octanol–water partition coefficient (Wildman–Crippen LogP) is 2.28. The largest absolute Gasteiger partial charge is 0.372 e. The van der Waals surface area contributed by atoms with E-state index in [1.165, 1.54) is 0 Å². The molecule has 112 valence electrons. The Kier molecular flexibility index (Phi) is 5.60. The lowest BCUT2D eigenvalue weighted by molar-refractivity contribution is -0.136. The molecule has 0 aliphatic heterocycles. The summed E-state index contributed by atoms with van der Waals surface area (Å²) in [5.74, 6) is 5.06. The smallest absolute Gasteiger partial charge is 0.262 e. The van der Waals surface area contributed by atoms with Crippen LogP contribution in [0.1, 0.15) is 11.1 Å². The summed E-state index contributed by atoms with van der Waals surface area (Å²) < 4.78 is 0. The van der Waals surface area contributed by atoms with Crippen LogP contribution in [0.25, 0.3) is 0 Å². The van der Waals surface area contributed by atoms with Crippen molar-refractivity contribution in [2.75, 3.05) is 12.4 Å². The molecule has 0 saturated heterocycles. The van der Waals surface area contributed by atoms with Gasteiger partial charge in [-0.25, -0.2) is 0 Å². The summed E-state index contributed by atoms with van der Waals surface area (Å²) in [5.41, 5.74) is -0.751. The zero-order valence-electron chi connectivity index (χ0n) is 11.9. The molecule has 22 heavy (non-hydrogen) atoms. The van der Waals surface area contributed by atoms with Crippen molar-refractivity contribution >= 4 is 17.5 Å². The molecule has 0 aromatic heterocycles.